The van der Waals surface area contributed by atoms with Gasteiger partial charge in [0.2, 0.25) is 0 Å². The summed E-state index contributed by atoms with van der Waals surface area (Å²) >= 11 is 6.00. The van der Waals surface area contributed by atoms with Crippen LogP contribution in [-0.4, -0.2) is 51.7 Å². The van der Waals surface area contributed by atoms with Gasteiger partial charge < -0.3 is 9.64 Å². The predicted octanol–water partition coefficient (Wildman–Crippen LogP) is 4.33. The summed E-state index contributed by atoms with van der Waals surface area (Å²) in [4.78, 5) is 19.3. The van der Waals surface area contributed by atoms with Gasteiger partial charge in [0, 0.05) is 35.3 Å². The van der Waals surface area contributed by atoms with E-state index < -0.39 is 5.82 Å². The molecule has 1 aliphatic rings. The third-order valence-electron chi connectivity index (χ3n) is 5.23. The highest BCUT2D eigenvalue weighted by Gasteiger charge is 2.23. The number of hydrogen-bond donors (Lipinski definition) is 0. The van der Waals surface area contributed by atoms with E-state index in [1.807, 2.05) is 12.1 Å². The fraction of sp³-hybridized carbons (Fsp3) is 0.174. The summed E-state index contributed by atoms with van der Waals surface area (Å²) in [6.07, 6.45) is 0. The minimum Gasteiger partial charge on any atom is -0.378 e. The van der Waals surface area contributed by atoms with Crippen LogP contribution in [0.15, 0.2) is 60.7 Å². The van der Waals surface area contributed by atoms with Crippen LogP contribution >= 0.6 is 11.6 Å². The number of rotatable bonds is 3. The Morgan fingerprint density at radius 2 is 1.77 bits per heavy atom. The molecular weight excluding hydrogens is 419 g/mol. The van der Waals surface area contributed by atoms with Crippen molar-refractivity contribution in [2.75, 3.05) is 26.3 Å². The minimum atomic E-state index is -0.400. The molecule has 0 spiro atoms. The van der Waals surface area contributed by atoms with Crippen molar-refractivity contribution in [1.29, 1.82) is 0 Å². The number of nitrogens with zero attached hydrogens (tertiary/aromatic N) is 4. The quantitative estimate of drug-likeness (QED) is 0.479. The van der Waals surface area contributed by atoms with E-state index in [0.29, 0.717) is 53.9 Å². The van der Waals surface area contributed by atoms with Gasteiger partial charge in [-0.25, -0.2) is 13.9 Å². The van der Waals surface area contributed by atoms with Crippen LogP contribution in [0.25, 0.3) is 28.2 Å². The molecule has 0 radical (unpaired) electrons. The van der Waals surface area contributed by atoms with Gasteiger partial charge in [-0.1, -0.05) is 35.9 Å². The van der Waals surface area contributed by atoms with Crippen LogP contribution < -0.4 is 0 Å². The first-order valence-corrected chi connectivity index (χ1v) is 10.3. The Bertz CT molecular complexity index is 1270. The van der Waals surface area contributed by atoms with E-state index in [9.17, 15) is 9.18 Å². The maximum Gasteiger partial charge on any atom is 0.272 e. The van der Waals surface area contributed by atoms with Crippen LogP contribution in [0, 0.1) is 5.82 Å². The lowest BCUT2D eigenvalue weighted by molar-refractivity contribution is 0.0299. The van der Waals surface area contributed by atoms with Crippen LogP contribution in [0.2, 0.25) is 5.02 Å². The smallest absolute Gasteiger partial charge is 0.272 e. The molecule has 2 aromatic heterocycles. The molecule has 5 rings (SSSR count). The predicted molar refractivity (Wildman–Crippen MR) is 116 cm³/mol. The molecule has 6 nitrogen and oxygen atoms in total. The molecule has 8 heteroatoms. The van der Waals surface area contributed by atoms with Crippen molar-refractivity contribution in [3.05, 3.63) is 77.2 Å². The van der Waals surface area contributed by atoms with Crippen LogP contribution in [0.4, 0.5) is 4.39 Å². The number of carbonyl (C=O) groups is 1. The van der Waals surface area contributed by atoms with Crippen molar-refractivity contribution in [1.82, 2.24) is 19.5 Å². The Morgan fingerprint density at radius 1 is 1.03 bits per heavy atom. The molecule has 0 aliphatic carbocycles. The van der Waals surface area contributed by atoms with Crippen molar-refractivity contribution in [2.45, 2.75) is 0 Å². The second-order valence-corrected chi connectivity index (χ2v) is 7.65. The highest BCUT2D eigenvalue weighted by Crippen LogP contribution is 2.28. The third kappa shape index (κ3) is 3.78. The van der Waals surface area contributed by atoms with Crippen LogP contribution in [-0.2, 0) is 4.74 Å². The maximum atomic E-state index is 14.7. The lowest BCUT2D eigenvalue weighted by Gasteiger charge is -2.26. The van der Waals surface area contributed by atoms with E-state index in [0.717, 1.165) is 5.56 Å². The zero-order valence-electron chi connectivity index (χ0n) is 16.5. The van der Waals surface area contributed by atoms with Crippen molar-refractivity contribution in [3.63, 3.8) is 0 Å². The number of fused-ring (bicyclic) bond motifs is 1. The first-order chi connectivity index (χ1) is 15.1. The summed E-state index contributed by atoms with van der Waals surface area (Å²) in [5, 5.41) is 5.26. The zero-order valence-corrected chi connectivity index (χ0v) is 17.2. The molecule has 31 heavy (non-hydrogen) atoms. The van der Waals surface area contributed by atoms with Gasteiger partial charge in [-0.05, 0) is 30.3 Å². The fourth-order valence-corrected chi connectivity index (χ4v) is 3.76. The molecule has 1 saturated heterocycles. The molecule has 0 saturated carbocycles. The molecule has 0 bridgehead atoms. The van der Waals surface area contributed by atoms with E-state index in [2.05, 4.69) is 10.1 Å². The van der Waals surface area contributed by atoms with Gasteiger partial charge in [-0.15, -0.1) is 0 Å². The number of carbonyl (C=O) groups excluding carboxylic acids is 1. The van der Waals surface area contributed by atoms with Gasteiger partial charge in [-0.2, -0.15) is 5.10 Å². The summed E-state index contributed by atoms with van der Waals surface area (Å²) in [6.45, 7) is 1.97. The van der Waals surface area contributed by atoms with E-state index in [-0.39, 0.29) is 11.6 Å². The molecule has 156 valence electrons. The summed E-state index contributed by atoms with van der Waals surface area (Å²) in [5.41, 5.74) is 3.00. The first-order valence-electron chi connectivity index (χ1n) is 9.89. The van der Waals surface area contributed by atoms with E-state index in [1.165, 1.54) is 6.07 Å². The number of hydrogen-bond acceptors (Lipinski definition) is 4. The van der Waals surface area contributed by atoms with Crippen molar-refractivity contribution in [3.8, 4) is 22.5 Å². The van der Waals surface area contributed by atoms with Crippen LogP contribution in [0.3, 0.4) is 0 Å². The molecule has 3 heterocycles. The molecule has 4 aromatic rings. The van der Waals surface area contributed by atoms with Crippen LogP contribution in [0.5, 0.6) is 0 Å². The normalized spacial score (nSPS) is 14.2. The Balaban J connectivity index is 1.68. The standard InChI is InChI=1S/C23H18ClFN4O2/c24-16-7-5-15(6-8-16)19-14-22-26-20(23(30)28-9-11-31-12-10-28)13-21(29(22)27-19)17-3-1-2-4-18(17)25/h1-8,13-14H,9-12H2. The Labute approximate surface area is 182 Å². The average molecular weight is 437 g/mol. The third-order valence-corrected chi connectivity index (χ3v) is 5.49. The molecule has 2 aromatic carbocycles. The van der Waals surface area contributed by atoms with E-state index >= 15 is 0 Å². The molecule has 1 fully saturated rings. The number of ether oxygens (including phenoxy) is 1. The number of aromatic nitrogens is 3. The number of amides is 1. The summed E-state index contributed by atoms with van der Waals surface area (Å²) < 4.78 is 21.6. The number of benzene rings is 2. The lowest BCUT2D eigenvalue weighted by Crippen LogP contribution is -2.41. The molecule has 0 atom stereocenters. The minimum absolute atomic E-state index is 0.211. The summed E-state index contributed by atoms with van der Waals surface area (Å²) in [6, 6.07) is 17.1. The van der Waals surface area contributed by atoms with Gasteiger partial charge in [0.05, 0.1) is 24.6 Å². The Morgan fingerprint density at radius 3 is 2.52 bits per heavy atom. The Hall–Kier alpha value is -3.29. The Kier molecular flexibility index (Phi) is 5.13. The zero-order chi connectivity index (χ0) is 21.4. The molecular formula is C23H18ClFN4O2. The van der Waals surface area contributed by atoms with E-state index in [1.54, 1.807) is 51.9 Å². The topological polar surface area (TPSA) is 59.7 Å². The van der Waals surface area contributed by atoms with E-state index in [4.69, 9.17) is 16.3 Å². The van der Waals surface area contributed by atoms with Crippen LogP contribution in [0.1, 0.15) is 10.5 Å². The average Bonchev–Trinajstić information content (AvgIpc) is 3.24. The highest BCUT2D eigenvalue weighted by molar-refractivity contribution is 6.30. The lowest BCUT2D eigenvalue weighted by atomic mass is 10.1. The highest BCUT2D eigenvalue weighted by atomic mass is 35.5. The second kappa shape index (κ2) is 8.09. The first kappa shape index (κ1) is 19.7. The number of morpholine rings is 1. The molecule has 1 aliphatic heterocycles. The molecule has 0 N–H and O–H groups in total. The van der Waals surface area contributed by atoms with Gasteiger partial charge in [0.25, 0.3) is 5.91 Å². The summed E-state index contributed by atoms with van der Waals surface area (Å²) in [7, 11) is 0. The van der Waals surface area contributed by atoms with Crippen molar-refractivity contribution in [2.24, 2.45) is 0 Å². The van der Waals surface area contributed by atoms with Gasteiger partial charge >= 0.3 is 0 Å². The molecule has 1 amide bonds. The number of halogens is 2. The van der Waals surface area contributed by atoms with Crippen molar-refractivity contribution >= 4 is 23.2 Å². The summed E-state index contributed by atoms with van der Waals surface area (Å²) in [5.74, 6) is -0.610. The SMILES string of the molecule is O=C(c1cc(-c2ccccc2F)n2nc(-c3ccc(Cl)cc3)cc2n1)N1CCOCC1. The molecule has 0 unspecified atom stereocenters. The van der Waals surface area contributed by atoms with Gasteiger partial charge in [0.15, 0.2) is 5.65 Å². The monoisotopic (exact) mass is 436 g/mol. The van der Waals surface area contributed by atoms with Crippen molar-refractivity contribution < 1.29 is 13.9 Å². The largest absolute Gasteiger partial charge is 0.378 e. The maximum absolute atomic E-state index is 14.7. The van der Waals surface area contributed by atoms with Gasteiger partial charge in [-0.3, -0.25) is 4.79 Å². The van der Waals surface area contributed by atoms with Gasteiger partial charge in [0.1, 0.15) is 11.5 Å². The second-order valence-electron chi connectivity index (χ2n) is 7.22. The fourth-order valence-electron chi connectivity index (χ4n) is 3.63.